The van der Waals surface area contributed by atoms with Gasteiger partial charge in [0, 0.05) is 0 Å². The molecular weight excluding hydrogens is 190 g/mol. The zero-order valence-corrected chi connectivity index (χ0v) is 9.47. The second-order valence-electron chi connectivity index (χ2n) is 4.31. The fourth-order valence-electron chi connectivity index (χ4n) is 1.46. The summed E-state index contributed by atoms with van der Waals surface area (Å²) in [5, 5.41) is 11.6. The first-order valence-electron chi connectivity index (χ1n) is 5.18. The van der Waals surface area contributed by atoms with Crippen LogP contribution >= 0.6 is 0 Å². The van der Waals surface area contributed by atoms with Crippen LogP contribution in [0.25, 0.3) is 5.65 Å². The summed E-state index contributed by atoms with van der Waals surface area (Å²) in [5.41, 5.74) is 2.75. The number of nitrogens with zero attached hydrogens (tertiary/aromatic N) is 5. The van der Waals surface area contributed by atoms with Crippen molar-refractivity contribution in [2.45, 2.75) is 39.5 Å². The van der Waals surface area contributed by atoms with Crippen LogP contribution in [0.5, 0.6) is 0 Å². The molecule has 0 unspecified atom stereocenters. The lowest BCUT2D eigenvalue weighted by molar-refractivity contribution is 0.733. The molecule has 2 aromatic heterocycles. The van der Waals surface area contributed by atoms with Crippen molar-refractivity contribution in [3.63, 3.8) is 0 Å². The Balaban J connectivity index is 2.69. The maximum Gasteiger partial charge on any atom is 0.200 e. The Hall–Kier alpha value is -1.52. The van der Waals surface area contributed by atoms with E-state index in [9.17, 15) is 0 Å². The molecule has 0 amide bonds. The maximum absolute atomic E-state index is 4.61. The van der Waals surface area contributed by atoms with Crippen molar-refractivity contribution < 1.29 is 0 Å². The Kier molecular flexibility index (Phi) is 2.38. The molecule has 0 bridgehead atoms. The average molecular weight is 205 g/mol. The first-order chi connectivity index (χ1) is 7.09. The van der Waals surface area contributed by atoms with Gasteiger partial charge in [-0.1, -0.05) is 27.7 Å². The second-order valence-corrected chi connectivity index (χ2v) is 4.31. The summed E-state index contributed by atoms with van der Waals surface area (Å²) < 4.78 is 1.71. The fraction of sp³-hybridized carbons (Fsp3) is 0.600. The molecule has 5 nitrogen and oxygen atoms in total. The van der Waals surface area contributed by atoms with Crippen LogP contribution in [0.2, 0.25) is 0 Å². The van der Waals surface area contributed by atoms with Crippen molar-refractivity contribution in [2.75, 3.05) is 0 Å². The first kappa shape index (κ1) is 10.0. The minimum absolute atomic E-state index is 0.331. The van der Waals surface area contributed by atoms with E-state index in [-0.39, 0.29) is 0 Å². The molecule has 0 saturated heterocycles. The normalized spacial score (nSPS) is 11.9. The van der Waals surface area contributed by atoms with E-state index in [4.69, 9.17) is 0 Å². The zero-order valence-electron chi connectivity index (χ0n) is 9.47. The van der Waals surface area contributed by atoms with Gasteiger partial charge in [0.25, 0.3) is 0 Å². The lowest BCUT2D eigenvalue weighted by Gasteiger charge is -2.10. The van der Waals surface area contributed by atoms with Gasteiger partial charge in [0.15, 0.2) is 0 Å². The summed E-state index contributed by atoms with van der Waals surface area (Å²) >= 11 is 0. The third-order valence-corrected chi connectivity index (χ3v) is 2.36. The van der Waals surface area contributed by atoms with Gasteiger partial charge in [-0.05, 0) is 22.3 Å². The lowest BCUT2D eigenvalue weighted by Crippen LogP contribution is -2.05. The van der Waals surface area contributed by atoms with Crippen LogP contribution in [-0.4, -0.2) is 25.0 Å². The molecule has 0 spiro atoms. The van der Waals surface area contributed by atoms with E-state index in [1.165, 1.54) is 0 Å². The summed E-state index contributed by atoms with van der Waals surface area (Å²) in [5.74, 6) is 0.716. The Morgan fingerprint density at radius 3 is 2.47 bits per heavy atom. The molecular formula is C10H15N5. The van der Waals surface area contributed by atoms with Crippen LogP contribution in [-0.2, 0) is 0 Å². The maximum atomic E-state index is 4.61. The monoisotopic (exact) mass is 205 g/mol. The molecule has 2 aromatic rings. The highest BCUT2D eigenvalue weighted by atomic mass is 15.5. The smallest absolute Gasteiger partial charge is 0.200 e. The van der Waals surface area contributed by atoms with Crippen LogP contribution in [0.4, 0.5) is 0 Å². The molecule has 15 heavy (non-hydrogen) atoms. The molecule has 0 saturated carbocycles. The summed E-state index contributed by atoms with van der Waals surface area (Å²) in [6.07, 6.45) is 1.89. The van der Waals surface area contributed by atoms with Crippen molar-refractivity contribution in [2.24, 2.45) is 0 Å². The van der Waals surface area contributed by atoms with Crippen molar-refractivity contribution in [3.05, 3.63) is 17.6 Å². The quantitative estimate of drug-likeness (QED) is 0.749. The minimum Gasteiger partial charge on any atom is -0.252 e. The number of fused-ring (bicyclic) bond motifs is 1. The lowest BCUT2D eigenvalue weighted by atomic mass is 10.1. The molecule has 0 aliphatic carbocycles. The van der Waals surface area contributed by atoms with Gasteiger partial charge in [0.2, 0.25) is 5.65 Å². The van der Waals surface area contributed by atoms with Crippen molar-refractivity contribution in [1.82, 2.24) is 25.0 Å². The minimum atomic E-state index is 0.331. The molecule has 0 aliphatic rings. The van der Waals surface area contributed by atoms with Gasteiger partial charge < -0.3 is 0 Å². The Labute approximate surface area is 88.5 Å². The Bertz CT molecular complexity index is 472. The molecule has 80 valence electrons. The molecule has 2 heterocycles. The summed E-state index contributed by atoms with van der Waals surface area (Å²) in [6.45, 7) is 8.42. The number of aromatic nitrogens is 5. The fourth-order valence-corrected chi connectivity index (χ4v) is 1.46. The predicted molar refractivity (Wildman–Crippen MR) is 56.8 cm³/mol. The van der Waals surface area contributed by atoms with Crippen LogP contribution in [0.3, 0.4) is 0 Å². The summed E-state index contributed by atoms with van der Waals surface area (Å²) in [6, 6.07) is 0. The van der Waals surface area contributed by atoms with E-state index in [1.54, 1.807) is 4.52 Å². The van der Waals surface area contributed by atoms with Gasteiger partial charge >= 0.3 is 0 Å². The Morgan fingerprint density at radius 2 is 1.87 bits per heavy atom. The van der Waals surface area contributed by atoms with Gasteiger partial charge in [-0.25, -0.2) is 0 Å². The third kappa shape index (κ3) is 1.69. The highest BCUT2D eigenvalue weighted by Gasteiger charge is 2.13. The topological polar surface area (TPSA) is 56.0 Å². The largest absolute Gasteiger partial charge is 0.252 e. The van der Waals surface area contributed by atoms with Gasteiger partial charge in [-0.2, -0.15) is 4.52 Å². The Morgan fingerprint density at radius 1 is 1.13 bits per heavy atom. The highest BCUT2D eigenvalue weighted by Crippen LogP contribution is 2.19. The summed E-state index contributed by atoms with van der Waals surface area (Å²) in [7, 11) is 0. The van der Waals surface area contributed by atoms with Gasteiger partial charge in [0.1, 0.15) is 0 Å². The predicted octanol–water partition coefficient (Wildman–Crippen LogP) is 1.77. The van der Waals surface area contributed by atoms with Crippen molar-refractivity contribution >= 4 is 5.65 Å². The first-order valence-corrected chi connectivity index (χ1v) is 5.18. The van der Waals surface area contributed by atoms with Gasteiger partial charge in [-0.3, -0.25) is 4.98 Å². The van der Waals surface area contributed by atoms with E-state index in [1.807, 2.05) is 6.20 Å². The van der Waals surface area contributed by atoms with Crippen molar-refractivity contribution in [3.8, 4) is 0 Å². The van der Waals surface area contributed by atoms with E-state index in [0.717, 1.165) is 17.0 Å². The van der Waals surface area contributed by atoms with Crippen LogP contribution in [0, 0.1) is 0 Å². The standard InChI is InChI=1S/C10H15N5/c1-6(2)8-5-15-10(12-13-14-15)9(11-8)7(3)4/h5-7H,1-4H3. The van der Waals surface area contributed by atoms with Crippen LogP contribution < -0.4 is 0 Å². The summed E-state index contributed by atoms with van der Waals surface area (Å²) in [4.78, 5) is 4.61. The highest BCUT2D eigenvalue weighted by molar-refractivity contribution is 5.43. The van der Waals surface area contributed by atoms with E-state index in [2.05, 4.69) is 48.2 Å². The molecule has 0 aliphatic heterocycles. The number of rotatable bonds is 2. The second kappa shape index (κ2) is 3.56. The number of hydrogen-bond acceptors (Lipinski definition) is 4. The molecule has 2 rings (SSSR count). The van der Waals surface area contributed by atoms with E-state index in [0.29, 0.717) is 11.8 Å². The molecule has 0 atom stereocenters. The van der Waals surface area contributed by atoms with Gasteiger partial charge in [-0.15, -0.1) is 5.10 Å². The SMILES string of the molecule is CC(C)c1cn2nnnc2c(C(C)C)n1. The molecule has 0 aromatic carbocycles. The number of hydrogen-bond donors (Lipinski definition) is 0. The zero-order chi connectivity index (χ0) is 11.0. The van der Waals surface area contributed by atoms with Crippen LogP contribution in [0.15, 0.2) is 6.20 Å². The van der Waals surface area contributed by atoms with E-state index < -0.39 is 0 Å². The van der Waals surface area contributed by atoms with Crippen LogP contribution in [0.1, 0.15) is 50.9 Å². The van der Waals surface area contributed by atoms with Gasteiger partial charge in [0.05, 0.1) is 17.6 Å². The van der Waals surface area contributed by atoms with Crippen molar-refractivity contribution in [1.29, 1.82) is 0 Å². The molecule has 0 N–H and O–H groups in total. The molecule has 5 heteroatoms. The number of tetrazole rings is 1. The van der Waals surface area contributed by atoms with E-state index >= 15 is 0 Å². The molecule has 0 radical (unpaired) electrons. The average Bonchev–Trinajstić information content (AvgIpc) is 2.62. The third-order valence-electron chi connectivity index (χ3n) is 2.36. The molecule has 0 fully saturated rings.